The number of aromatic nitrogens is 3. The van der Waals surface area contributed by atoms with Crippen LogP contribution >= 0.6 is 11.6 Å². The lowest BCUT2D eigenvalue weighted by Crippen LogP contribution is -2.32. The minimum Gasteiger partial charge on any atom is -0.495 e. The maximum atomic E-state index is 12.8. The fourth-order valence-corrected chi connectivity index (χ4v) is 3.46. The molecule has 168 valence electrons. The lowest BCUT2D eigenvalue weighted by atomic mass is 10.2. The smallest absolute Gasteiger partial charge is 0.338 e. The second kappa shape index (κ2) is 9.70. The Labute approximate surface area is 194 Å². The summed E-state index contributed by atoms with van der Waals surface area (Å²) in [4.78, 5) is 37.3. The van der Waals surface area contributed by atoms with E-state index in [1.807, 2.05) is 12.1 Å². The molecule has 33 heavy (non-hydrogen) atoms. The van der Waals surface area contributed by atoms with E-state index >= 15 is 0 Å². The van der Waals surface area contributed by atoms with Crippen LogP contribution in [0.5, 0.6) is 5.75 Å². The van der Waals surface area contributed by atoms with Crippen LogP contribution in [0, 0.1) is 0 Å². The number of hydrogen-bond donors (Lipinski definition) is 2. The third-order valence-corrected chi connectivity index (χ3v) is 5.22. The molecule has 4 rings (SSSR count). The second-order valence-corrected chi connectivity index (χ2v) is 7.63. The van der Waals surface area contributed by atoms with Crippen molar-refractivity contribution in [2.24, 2.45) is 0 Å². The molecule has 2 aromatic heterocycles. The number of ether oxygens (including phenoxy) is 2. The number of fused-ring (bicyclic) bond motifs is 1. The highest BCUT2D eigenvalue weighted by Gasteiger charge is 2.23. The maximum Gasteiger partial charge on any atom is 0.338 e. The average molecular weight is 465 g/mol. The van der Waals surface area contributed by atoms with Crippen molar-refractivity contribution >= 4 is 40.2 Å². The molecule has 0 saturated heterocycles. The first-order chi connectivity index (χ1) is 16.0. The molecule has 0 fully saturated rings. The first-order valence-electron chi connectivity index (χ1n) is 10.2. The zero-order valence-corrected chi connectivity index (χ0v) is 18.7. The van der Waals surface area contributed by atoms with Gasteiger partial charge in [-0.15, -0.1) is 0 Å². The predicted octanol–water partition coefficient (Wildman–Crippen LogP) is 4.86. The van der Waals surface area contributed by atoms with Crippen molar-refractivity contribution in [3.05, 3.63) is 71.5 Å². The fraction of sp³-hybridized carbons (Fsp3) is 0.167. The molecular formula is C24H21ClN4O4. The van der Waals surface area contributed by atoms with Crippen molar-refractivity contribution in [3.8, 4) is 17.1 Å². The van der Waals surface area contributed by atoms with Gasteiger partial charge in [0.2, 0.25) is 0 Å². The van der Waals surface area contributed by atoms with E-state index in [0.717, 1.165) is 5.56 Å². The highest BCUT2D eigenvalue weighted by molar-refractivity contribution is 6.31. The van der Waals surface area contributed by atoms with E-state index in [9.17, 15) is 9.59 Å². The number of aromatic amines is 1. The number of anilines is 1. The lowest BCUT2D eigenvalue weighted by Gasteiger charge is -2.17. The van der Waals surface area contributed by atoms with Crippen molar-refractivity contribution in [1.82, 2.24) is 15.0 Å². The molecule has 1 unspecified atom stereocenters. The monoisotopic (exact) mass is 464 g/mol. The van der Waals surface area contributed by atoms with Crippen LogP contribution in [0.1, 0.15) is 23.7 Å². The van der Waals surface area contributed by atoms with Gasteiger partial charge in [0.25, 0.3) is 5.91 Å². The number of pyridine rings is 1. The Balaban J connectivity index is 1.50. The van der Waals surface area contributed by atoms with Crippen molar-refractivity contribution in [1.29, 1.82) is 0 Å². The van der Waals surface area contributed by atoms with Gasteiger partial charge in [0.15, 0.2) is 6.10 Å². The summed E-state index contributed by atoms with van der Waals surface area (Å²) in [6.07, 6.45) is 2.68. The molecule has 0 bridgehead atoms. The number of carbonyl (C=O) groups excluding carboxylic acids is 2. The van der Waals surface area contributed by atoms with E-state index in [0.29, 0.717) is 38.9 Å². The van der Waals surface area contributed by atoms with Gasteiger partial charge < -0.3 is 19.8 Å². The number of nitrogens with zero attached hydrogens (tertiary/aromatic N) is 2. The SMILES string of the molecule is CCC(OC(=O)c1ccc2nc(-c3cccnc3)[nH]c2c1)C(=O)Nc1cc(Cl)ccc1OC. The Bertz CT molecular complexity index is 1310. The number of hydrogen-bond acceptors (Lipinski definition) is 6. The summed E-state index contributed by atoms with van der Waals surface area (Å²) in [6, 6.07) is 13.6. The highest BCUT2D eigenvalue weighted by Crippen LogP contribution is 2.28. The van der Waals surface area contributed by atoms with Gasteiger partial charge in [-0.05, 0) is 55.0 Å². The summed E-state index contributed by atoms with van der Waals surface area (Å²) < 4.78 is 10.7. The molecule has 2 N–H and O–H groups in total. The molecular weight excluding hydrogens is 444 g/mol. The largest absolute Gasteiger partial charge is 0.495 e. The first kappa shape index (κ1) is 22.3. The molecule has 2 heterocycles. The molecule has 0 aliphatic rings. The molecule has 1 amide bonds. The van der Waals surface area contributed by atoms with Gasteiger partial charge in [0.05, 0.1) is 29.4 Å². The molecule has 0 aliphatic carbocycles. The topological polar surface area (TPSA) is 106 Å². The van der Waals surface area contributed by atoms with Crippen LogP contribution in [0.15, 0.2) is 60.9 Å². The number of halogens is 1. The number of methoxy groups -OCH3 is 1. The Morgan fingerprint density at radius 2 is 2.03 bits per heavy atom. The molecule has 2 aromatic carbocycles. The molecule has 0 saturated carbocycles. The number of benzene rings is 2. The van der Waals surface area contributed by atoms with Crippen molar-refractivity contribution in [2.45, 2.75) is 19.4 Å². The van der Waals surface area contributed by atoms with Crippen LogP contribution in [-0.2, 0) is 9.53 Å². The number of nitrogens with one attached hydrogen (secondary N) is 2. The quantitative estimate of drug-likeness (QED) is 0.378. The maximum absolute atomic E-state index is 12.8. The second-order valence-electron chi connectivity index (χ2n) is 7.20. The van der Waals surface area contributed by atoms with Crippen LogP contribution in [0.4, 0.5) is 5.69 Å². The van der Waals surface area contributed by atoms with E-state index in [1.165, 1.54) is 7.11 Å². The van der Waals surface area contributed by atoms with Crippen LogP contribution in [-0.4, -0.2) is 40.0 Å². The summed E-state index contributed by atoms with van der Waals surface area (Å²) in [5, 5.41) is 3.15. The number of carbonyl (C=O) groups is 2. The van der Waals surface area contributed by atoms with Gasteiger partial charge >= 0.3 is 5.97 Å². The van der Waals surface area contributed by atoms with Gasteiger partial charge in [0.1, 0.15) is 11.6 Å². The number of imidazole rings is 1. The molecule has 9 heteroatoms. The number of H-pyrrole nitrogens is 1. The van der Waals surface area contributed by atoms with Gasteiger partial charge in [0, 0.05) is 23.0 Å². The number of esters is 1. The van der Waals surface area contributed by atoms with Crippen LogP contribution in [0.2, 0.25) is 5.02 Å². The van der Waals surface area contributed by atoms with E-state index in [1.54, 1.807) is 55.7 Å². The fourth-order valence-electron chi connectivity index (χ4n) is 3.29. The van der Waals surface area contributed by atoms with Gasteiger partial charge in [-0.25, -0.2) is 9.78 Å². The third-order valence-electron chi connectivity index (χ3n) is 4.98. The van der Waals surface area contributed by atoms with Crippen molar-refractivity contribution in [2.75, 3.05) is 12.4 Å². The molecule has 0 spiro atoms. The summed E-state index contributed by atoms with van der Waals surface area (Å²) in [5.41, 5.74) is 2.89. The van der Waals surface area contributed by atoms with Crippen LogP contribution in [0.25, 0.3) is 22.4 Å². The Morgan fingerprint density at radius 1 is 1.18 bits per heavy atom. The molecule has 0 radical (unpaired) electrons. The minimum atomic E-state index is -0.996. The highest BCUT2D eigenvalue weighted by atomic mass is 35.5. The number of amides is 1. The van der Waals surface area contributed by atoms with E-state index in [-0.39, 0.29) is 6.42 Å². The third kappa shape index (κ3) is 4.96. The Morgan fingerprint density at radius 3 is 2.76 bits per heavy atom. The zero-order chi connectivity index (χ0) is 23.4. The van der Waals surface area contributed by atoms with Crippen molar-refractivity contribution in [3.63, 3.8) is 0 Å². The lowest BCUT2D eigenvalue weighted by molar-refractivity contribution is -0.124. The van der Waals surface area contributed by atoms with E-state index in [2.05, 4.69) is 20.3 Å². The summed E-state index contributed by atoms with van der Waals surface area (Å²) in [5.74, 6) is -0.00432. The van der Waals surface area contributed by atoms with Crippen LogP contribution in [0.3, 0.4) is 0 Å². The van der Waals surface area contributed by atoms with Crippen molar-refractivity contribution < 1.29 is 19.1 Å². The average Bonchev–Trinajstić information content (AvgIpc) is 3.26. The van der Waals surface area contributed by atoms with Gasteiger partial charge in [-0.2, -0.15) is 0 Å². The first-order valence-corrected chi connectivity index (χ1v) is 10.6. The zero-order valence-electron chi connectivity index (χ0n) is 18.0. The summed E-state index contributed by atoms with van der Waals surface area (Å²) in [6.45, 7) is 1.75. The summed E-state index contributed by atoms with van der Waals surface area (Å²) in [7, 11) is 1.49. The predicted molar refractivity (Wildman–Crippen MR) is 125 cm³/mol. The standard InChI is InChI=1S/C24H21ClN4O4/c1-3-20(23(30)29-19-12-16(25)7-9-21(19)32-2)33-24(31)14-6-8-17-18(11-14)28-22(27-17)15-5-4-10-26-13-15/h4-13,20H,3H2,1-2H3,(H,27,28)(H,29,30). The Hall–Kier alpha value is -3.91. The molecule has 0 aliphatic heterocycles. The summed E-state index contributed by atoms with van der Waals surface area (Å²) >= 11 is 6.02. The normalized spacial score (nSPS) is 11.7. The molecule has 8 nitrogen and oxygen atoms in total. The molecule has 4 aromatic rings. The van der Waals surface area contributed by atoms with Crippen LogP contribution < -0.4 is 10.1 Å². The number of rotatable bonds is 7. The molecule has 1 atom stereocenters. The minimum absolute atomic E-state index is 0.290. The van der Waals surface area contributed by atoms with Gasteiger partial charge in [-0.3, -0.25) is 9.78 Å². The van der Waals surface area contributed by atoms with E-state index in [4.69, 9.17) is 21.1 Å². The Kier molecular flexibility index (Phi) is 6.55. The van der Waals surface area contributed by atoms with E-state index < -0.39 is 18.0 Å². The van der Waals surface area contributed by atoms with Gasteiger partial charge in [-0.1, -0.05) is 18.5 Å².